The number of nitrogens with zero attached hydrogens (tertiary/aromatic N) is 3. The maximum Gasteiger partial charge on any atom is 0.309 e. The van der Waals surface area contributed by atoms with Crippen molar-refractivity contribution in [1.82, 2.24) is 14.6 Å². The van der Waals surface area contributed by atoms with E-state index in [1.807, 2.05) is 6.92 Å². The maximum atomic E-state index is 10.6. The molecular formula is C9H8BrN3O2. The summed E-state index contributed by atoms with van der Waals surface area (Å²) < 4.78 is 2.22. The summed E-state index contributed by atoms with van der Waals surface area (Å²) in [5.41, 5.74) is 2.09. The largest absolute Gasteiger partial charge is 0.481 e. The van der Waals surface area contributed by atoms with Gasteiger partial charge in [0.05, 0.1) is 16.6 Å². The van der Waals surface area contributed by atoms with Gasteiger partial charge in [0.25, 0.3) is 0 Å². The fourth-order valence-corrected chi connectivity index (χ4v) is 1.81. The standard InChI is InChI=1S/C9H8BrN3O2/c1-5-3-11-9-8(10)6(2-7(14)15)12-13(9)4-5/h3-4H,2H2,1H3,(H,14,15). The molecule has 0 bridgehead atoms. The molecule has 0 fully saturated rings. The second kappa shape index (κ2) is 3.62. The average molecular weight is 270 g/mol. The molecule has 78 valence electrons. The quantitative estimate of drug-likeness (QED) is 0.896. The van der Waals surface area contributed by atoms with E-state index in [0.29, 0.717) is 15.8 Å². The van der Waals surface area contributed by atoms with Crippen LogP contribution in [0.2, 0.25) is 0 Å². The van der Waals surface area contributed by atoms with E-state index in [1.165, 1.54) is 0 Å². The van der Waals surface area contributed by atoms with Crippen LogP contribution in [-0.2, 0) is 11.2 Å². The first-order valence-corrected chi connectivity index (χ1v) is 5.08. The van der Waals surface area contributed by atoms with Crippen molar-refractivity contribution in [2.45, 2.75) is 13.3 Å². The van der Waals surface area contributed by atoms with Gasteiger partial charge in [-0.3, -0.25) is 4.79 Å². The third kappa shape index (κ3) is 1.85. The van der Waals surface area contributed by atoms with Crippen molar-refractivity contribution in [1.29, 1.82) is 0 Å². The summed E-state index contributed by atoms with van der Waals surface area (Å²) in [6.45, 7) is 1.90. The molecule has 1 N–H and O–H groups in total. The number of aryl methyl sites for hydroxylation is 1. The van der Waals surface area contributed by atoms with Crippen LogP contribution in [-0.4, -0.2) is 25.7 Å². The second-order valence-electron chi connectivity index (χ2n) is 3.23. The highest BCUT2D eigenvalue weighted by Crippen LogP contribution is 2.21. The summed E-state index contributed by atoms with van der Waals surface area (Å²) in [6.07, 6.45) is 3.41. The van der Waals surface area contributed by atoms with Crippen LogP contribution in [0.25, 0.3) is 5.65 Å². The lowest BCUT2D eigenvalue weighted by Gasteiger charge is -1.92. The van der Waals surface area contributed by atoms with Gasteiger partial charge in [0.2, 0.25) is 0 Å². The highest BCUT2D eigenvalue weighted by Gasteiger charge is 2.13. The lowest BCUT2D eigenvalue weighted by molar-refractivity contribution is -0.136. The Labute approximate surface area is 93.9 Å². The first kappa shape index (κ1) is 10.1. The minimum atomic E-state index is -0.907. The van der Waals surface area contributed by atoms with E-state index >= 15 is 0 Å². The number of carboxylic acids is 1. The van der Waals surface area contributed by atoms with Crippen molar-refractivity contribution in [3.8, 4) is 0 Å². The molecule has 0 spiro atoms. The number of hydrogen-bond acceptors (Lipinski definition) is 3. The molecule has 2 aromatic heterocycles. The molecule has 0 amide bonds. The Balaban J connectivity index is 2.58. The van der Waals surface area contributed by atoms with Crippen LogP contribution in [0.1, 0.15) is 11.3 Å². The van der Waals surface area contributed by atoms with Gasteiger partial charge in [-0.05, 0) is 28.4 Å². The maximum absolute atomic E-state index is 10.6. The number of aromatic nitrogens is 3. The number of fused-ring (bicyclic) bond motifs is 1. The number of hydrogen-bond donors (Lipinski definition) is 1. The van der Waals surface area contributed by atoms with E-state index in [0.717, 1.165) is 5.56 Å². The van der Waals surface area contributed by atoms with E-state index in [1.54, 1.807) is 16.9 Å². The lowest BCUT2D eigenvalue weighted by Crippen LogP contribution is -2.01. The monoisotopic (exact) mass is 269 g/mol. The molecule has 0 radical (unpaired) electrons. The van der Waals surface area contributed by atoms with Crippen molar-refractivity contribution in [2.75, 3.05) is 0 Å². The zero-order valence-electron chi connectivity index (χ0n) is 7.94. The number of halogens is 1. The van der Waals surface area contributed by atoms with E-state index < -0.39 is 5.97 Å². The summed E-state index contributed by atoms with van der Waals surface area (Å²) in [5, 5.41) is 12.8. The van der Waals surface area contributed by atoms with Gasteiger partial charge in [0, 0.05) is 12.4 Å². The van der Waals surface area contributed by atoms with E-state index in [-0.39, 0.29) is 6.42 Å². The fraction of sp³-hybridized carbons (Fsp3) is 0.222. The van der Waals surface area contributed by atoms with Crippen LogP contribution in [0.3, 0.4) is 0 Å². The predicted octanol–water partition coefficient (Wildman–Crippen LogP) is 1.43. The summed E-state index contributed by atoms with van der Waals surface area (Å²) in [5.74, 6) is -0.907. The number of carboxylic acid groups (broad SMARTS) is 1. The van der Waals surface area contributed by atoms with Gasteiger partial charge in [-0.15, -0.1) is 0 Å². The topological polar surface area (TPSA) is 67.5 Å². The Morgan fingerprint density at radius 1 is 1.67 bits per heavy atom. The van der Waals surface area contributed by atoms with E-state index in [2.05, 4.69) is 26.0 Å². The Hall–Kier alpha value is -1.43. The molecule has 0 unspecified atom stereocenters. The molecule has 15 heavy (non-hydrogen) atoms. The molecule has 2 rings (SSSR count). The van der Waals surface area contributed by atoms with Crippen LogP contribution >= 0.6 is 15.9 Å². The average Bonchev–Trinajstić information content (AvgIpc) is 2.42. The minimum Gasteiger partial charge on any atom is -0.481 e. The Morgan fingerprint density at radius 3 is 3.07 bits per heavy atom. The van der Waals surface area contributed by atoms with Gasteiger partial charge in [-0.2, -0.15) is 5.10 Å². The second-order valence-corrected chi connectivity index (χ2v) is 4.02. The molecule has 0 atom stereocenters. The van der Waals surface area contributed by atoms with Gasteiger partial charge in [0.15, 0.2) is 5.65 Å². The van der Waals surface area contributed by atoms with Crippen LogP contribution < -0.4 is 0 Å². The highest BCUT2D eigenvalue weighted by molar-refractivity contribution is 9.10. The van der Waals surface area contributed by atoms with Crippen molar-refractivity contribution in [3.05, 3.63) is 28.1 Å². The van der Waals surface area contributed by atoms with Crippen molar-refractivity contribution in [3.63, 3.8) is 0 Å². The third-order valence-corrected chi connectivity index (χ3v) is 2.74. The zero-order chi connectivity index (χ0) is 11.0. The number of rotatable bonds is 2. The molecule has 0 aliphatic heterocycles. The van der Waals surface area contributed by atoms with E-state index in [9.17, 15) is 4.79 Å². The Bertz CT molecular complexity index is 535. The van der Waals surface area contributed by atoms with Crippen LogP contribution in [0.5, 0.6) is 0 Å². The van der Waals surface area contributed by atoms with Gasteiger partial charge in [-0.1, -0.05) is 0 Å². The van der Waals surface area contributed by atoms with Gasteiger partial charge in [-0.25, -0.2) is 9.50 Å². The van der Waals surface area contributed by atoms with Crippen molar-refractivity contribution in [2.24, 2.45) is 0 Å². The SMILES string of the molecule is Cc1cnc2c(Br)c(CC(=O)O)nn2c1. The molecule has 0 aliphatic rings. The zero-order valence-corrected chi connectivity index (χ0v) is 9.52. The molecule has 0 aromatic carbocycles. The Morgan fingerprint density at radius 2 is 2.40 bits per heavy atom. The van der Waals surface area contributed by atoms with Crippen molar-refractivity contribution < 1.29 is 9.90 Å². The van der Waals surface area contributed by atoms with E-state index in [4.69, 9.17) is 5.11 Å². The number of carbonyl (C=O) groups is 1. The van der Waals surface area contributed by atoms with Crippen LogP contribution in [0.15, 0.2) is 16.9 Å². The molecule has 5 nitrogen and oxygen atoms in total. The summed E-state index contributed by atoms with van der Waals surface area (Å²) in [4.78, 5) is 14.7. The fourth-order valence-electron chi connectivity index (χ4n) is 1.30. The molecule has 2 aromatic rings. The first-order valence-electron chi connectivity index (χ1n) is 4.29. The summed E-state index contributed by atoms with van der Waals surface area (Å²) >= 11 is 3.30. The first-order chi connectivity index (χ1) is 7.08. The molecular weight excluding hydrogens is 262 g/mol. The van der Waals surface area contributed by atoms with Gasteiger partial charge < -0.3 is 5.11 Å². The van der Waals surface area contributed by atoms with Crippen LogP contribution in [0.4, 0.5) is 0 Å². The molecule has 6 heteroatoms. The minimum absolute atomic E-state index is 0.108. The normalized spacial score (nSPS) is 10.8. The summed E-state index contributed by atoms with van der Waals surface area (Å²) in [6, 6.07) is 0. The van der Waals surface area contributed by atoms with Crippen LogP contribution in [0, 0.1) is 6.92 Å². The smallest absolute Gasteiger partial charge is 0.309 e. The van der Waals surface area contributed by atoms with Gasteiger partial charge >= 0.3 is 5.97 Å². The predicted molar refractivity (Wildman–Crippen MR) is 56.8 cm³/mol. The number of aliphatic carboxylic acids is 1. The molecule has 0 saturated carbocycles. The Kier molecular flexibility index (Phi) is 2.44. The molecule has 2 heterocycles. The van der Waals surface area contributed by atoms with Crippen molar-refractivity contribution >= 4 is 27.5 Å². The summed E-state index contributed by atoms with van der Waals surface area (Å²) in [7, 11) is 0. The molecule has 0 aliphatic carbocycles. The highest BCUT2D eigenvalue weighted by atomic mass is 79.9. The third-order valence-electron chi connectivity index (χ3n) is 1.93. The lowest BCUT2D eigenvalue weighted by atomic mass is 10.3. The van der Waals surface area contributed by atoms with Gasteiger partial charge in [0.1, 0.15) is 0 Å². The molecule has 0 saturated heterocycles.